The van der Waals surface area contributed by atoms with Gasteiger partial charge in [-0.25, -0.2) is 13.6 Å². The molecule has 12 heteroatoms. The predicted octanol–water partition coefficient (Wildman–Crippen LogP) is 5.87. The van der Waals surface area contributed by atoms with Gasteiger partial charge >= 0.3 is 13.2 Å². The summed E-state index contributed by atoms with van der Waals surface area (Å²) in [6.45, 7) is 13.1. The van der Waals surface area contributed by atoms with E-state index >= 15 is 0 Å². The van der Waals surface area contributed by atoms with Crippen LogP contribution in [0.4, 0.5) is 13.6 Å². The quantitative estimate of drug-likeness (QED) is 0.308. The van der Waals surface area contributed by atoms with Gasteiger partial charge in [-0.1, -0.05) is 51.1 Å². The van der Waals surface area contributed by atoms with Crippen molar-refractivity contribution < 1.29 is 32.4 Å². The van der Waals surface area contributed by atoms with Crippen LogP contribution in [0, 0.1) is 40.4 Å². The van der Waals surface area contributed by atoms with Crippen molar-refractivity contribution in [1.29, 1.82) is 5.26 Å². The standard InChI is InChI=1S/C37H53BF2N4O5/c1-24(20-34(2,3)44-16-14-37(39,40)23-44)28(21-41)32(45)43-15-10-13-27(22-43)47-33(46)42-31(17-25-11-8-7-9-12-25)38-48-30-19-26-18-29(35(26,4)5)36(30,6)49-38/h7-9,11-12,24,26-31H,10,13-20,22-23H2,1-6H3,(H,42,46)/t24?,26-,27+,28?,29-,30+,31-,36-/m0/s1. The third-order valence-electron chi connectivity index (χ3n) is 12.7. The van der Waals surface area contributed by atoms with E-state index in [4.69, 9.17) is 14.0 Å². The van der Waals surface area contributed by atoms with E-state index in [2.05, 4.69) is 32.2 Å². The van der Waals surface area contributed by atoms with Gasteiger partial charge in [0.2, 0.25) is 5.91 Å². The van der Waals surface area contributed by atoms with Crippen molar-refractivity contribution >= 4 is 19.1 Å². The molecular formula is C37H53BF2N4O5. The van der Waals surface area contributed by atoms with Gasteiger partial charge in [-0.05, 0) is 88.0 Å². The molecule has 3 aliphatic carbocycles. The third-order valence-corrected chi connectivity index (χ3v) is 12.7. The lowest BCUT2D eigenvalue weighted by atomic mass is 9.43. The van der Waals surface area contributed by atoms with Gasteiger partial charge in [0, 0.05) is 25.0 Å². The van der Waals surface area contributed by atoms with Crippen molar-refractivity contribution in [2.45, 2.75) is 122 Å². The van der Waals surface area contributed by atoms with Crippen LogP contribution in [0.1, 0.15) is 85.6 Å². The first kappa shape index (κ1) is 36.1. The maximum atomic E-state index is 13.9. The Morgan fingerprint density at radius 2 is 1.92 bits per heavy atom. The Morgan fingerprint density at radius 1 is 1.18 bits per heavy atom. The summed E-state index contributed by atoms with van der Waals surface area (Å²) in [5.74, 6) is -3.79. The molecule has 1 aromatic carbocycles. The van der Waals surface area contributed by atoms with Crippen LogP contribution in [0.2, 0.25) is 0 Å². The fourth-order valence-electron chi connectivity index (χ4n) is 9.64. The first-order valence-electron chi connectivity index (χ1n) is 18.2. The molecular weight excluding hydrogens is 629 g/mol. The molecule has 1 aromatic rings. The van der Waals surface area contributed by atoms with Crippen molar-refractivity contribution in [2.24, 2.45) is 29.1 Å². The normalized spacial score (nSPS) is 32.3. The summed E-state index contributed by atoms with van der Waals surface area (Å²) < 4.78 is 47.1. The van der Waals surface area contributed by atoms with Crippen LogP contribution < -0.4 is 5.32 Å². The van der Waals surface area contributed by atoms with Crippen molar-refractivity contribution in [3.63, 3.8) is 0 Å². The summed E-state index contributed by atoms with van der Waals surface area (Å²) in [5.41, 5.74) is 0.225. The van der Waals surface area contributed by atoms with Crippen LogP contribution in [0.15, 0.2) is 30.3 Å². The van der Waals surface area contributed by atoms with E-state index < -0.39 is 48.2 Å². The maximum absolute atomic E-state index is 13.9. The number of hydrogen-bond acceptors (Lipinski definition) is 7. The minimum absolute atomic E-state index is 0.0272. The van der Waals surface area contributed by atoms with Gasteiger partial charge in [-0.2, -0.15) is 5.26 Å². The lowest BCUT2D eigenvalue weighted by Gasteiger charge is -2.64. The predicted molar refractivity (Wildman–Crippen MR) is 181 cm³/mol. The molecule has 1 N–H and O–H groups in total. The Labute approximate surface area is 290 Å². The average Bonchev–Trinajstić information content (AvgIpc) is 3.60. The number of alkyl carbamates (subject to hydrolysis) is 1. The summed E-state index contributed by atoms with van der Waals surface area (Å²) >= 11 is 0. The monoisotopic (exact) mass is 682 g/mol. The van der Waals surface area contributed by atoms with E-state index in [1.165, 1.54) is 0 Å². The number of nitrogens with zero attached hydrogens (tertiary/aromatic N) is 3. The minimum atomic E-state index is -2.72. The van der Waals surface area contributed by atoms with E-state index in [0.717, 1.165) is 18.4 Å². The zero-order valence-corrected chi connectivity index (χ0v) is 29.9. The molecule has 3 saturated heterocycles. The summed E-state index contributed by atoms with van der Waals surface area (Å²) in [4.78, 5) is 30.5. The van der Waals surface area contributed by atoms with Crippen molar-refractivity contribution in [1.82, 2.24) is 15.1 Å². The van der Waals surface area contributed by atoms with Gasteiger partial charge in [0.25, 0.3) is 5.92 Å². The number of likely N-dealkylation sites (tertiary alicyclic amines) is 2. The Bertz CT molecular complexity index is 1420. The number of alkyl halides is 2. The number of ether oxygens (including phenoxy) is 1. The Morgan fingerprint density at radius 3 is 2.57 bits per heavy atom. The van der Waals surface area contributed by atoms with Gasteiger partial charge in [0.15, 0.2) is 0 Å². The van der Waals surface area contributed by atoms with Crippen LogP contribution in [-0.2, 0) is 25.3 Å². The second kappa shape index (κ2) is 13.4. The van der Waals surface area contributed by atoms with Crippen LogP contribution in [0.25, 0.3) is 0 Å². The number of carbonyl (C=O) groups is 2. The fraction of sp³-hybridized carbons (Fsp3) is 0.757. The number of nitriles is 1. The molecule has 3 aliphatic heterocycles. The van der Waals surface area contributed by atoms with E-state index in [1.54, 1.807) is 9.80 Å². The van der Waals surface area contributed by atoms with E-state index in [-0.39, 0.29) is 49.4 Å². The van der Waals surface area contributed by atoms with Gasteiger partial charge in [-0.15, -0.1) is 0 Å². The summed E-state index contributed by atoms with van der Waals surface area (Å²) in [7, 11) is -0.628. The van der Waals surface area contributed by atoms with Gasteiger partial charge in [0.05, 0.1) is 36.8 Å². The highest BCUT2D eigenvalue weighted by atomic mass is 19.3. The van der Waals surface area contributed by atoms with Crippen LogP contribution in [0.5, 0.6) is 0 Å². The molecule has 6 aliphatic rings. The van der Waals surface area contributed by atoms with Crippen LogP contribution in [-0.4, -0.2) is 90.3 Å². The van der Waals surface area contributed by atoms with Gasteiger partial charge < -0.3 is 24.3 Å². The molecule has 268 valence electrons. The Balaban J connectivity index is 1.07. The number of piperidine rings is 1. The highest BCUT2D eigenvalue weighted by Crippen LogP contribution is 2.65. The number of benzene rings is 1. The minimum Gasteiger partial charge on any atom is -0.444 e. The number of halogens is 2. The molecule has 6 fully saturated rings. The SMILES string of the molecule is CC(CC(C)(C)N1CCC(F)(F)C1)C(C#N)C(=O)N1CCC[C@@H](OC(=O)N[C@@H](Cc2ccccc2)B2O[C@@H]3C[C@@H]4C[C@@H](C4(C)C)[C@]3(C)O2)C1. The topological polar surface area (TPSA) is 104 Å². The lowest BCUT2D eigenvalue weighted by molar-refractivity contribution is -0.199. The maximum Gasteiger partial charge on any atom is 0.482 e. The molecule has 3 saturated carbocycles. The second-order valence-corrected chi connectivity index (χ2v) is 16.9. The number of hydrogen-bond donors (Lipinski definition) is 1. The zero-order chi connectivity index (χ0) is 35.4. The molecule has 3 heterocycles. The number of carbonyl (C=O) groups excluding carboxylic acids is 2. The molecule has 0 spiro atoms. The number of amides is 2. The van der Waals surface area contributed by atoms with Crippen molar-refractivity contribution in [3.8, 4) is 6.07 Å². The average molecular weight is 683 g/mol. The van der Waals surface area contributed by atoms with Crippen molar-refractivity contribution in [3.05, 3.63) is 35.9 Å². The third kappa shape index (κ3) is 7.23. The second-order valence-electron chi connectivity index (χ2n) is 16.9. The number of nitrogens with one attached hydrogen (secondary N) is 1. The van der Waals surface area contributed by atoms with Gasteiger partial charge in [-0.3, -0.25) is 9.69 Å². The summed E-state index contributed by atoms with van der Waals surface area (Å²) in [6, 6.07) is 12.1. The van der Waals surface area contributed by atoms with E-state index in [9.17, 15) is 23.6 Å². The lowest BCUT2D eigenvalue weighted by Crippen LogP contribution is -2.65. The van der Waals surface area contributed by atoms with E-state index in [0.29, 0.717) is 44.1 Å². The van der Waals surface area contributed by atoms with Crippen LogP contribution >= 0.6 is 0 Å². The molecule has 7 rings (SSSR count). The molecule has 8 atom stereocenters. The molecule has 2 bridgehead atoms. The first-order chi connectivity index (χ1) is 23.0. The van der Waals surface area contributed by atoms with Crippen LogP contribution in [0.3, 0.4) is 0 Å². The molecule has 49 heavy (non-hydrogen) atoms. The Kier molecular flexibility index (Phi) is 9.88. The molecule has 2 unspecified atom stereocenters. The number of rotatable bonds is 10. The molecule has 0 radical (unpaired) electrons. The fourth-order valence-corrected chi connectivity index (χ4v) is 9.64. The smallest absolute Gasteiger partial charge is 0.444 e. The molecule has 0 aromatic heterocycles. The summed E-state index contributed by atoms with van der Waals surface area (Å²) in [6.07, 6.45) is 2.90. The van der Waals surface area contributed by atoms with Gasteiger partial charge in [0.1, 0.15) is 12.0 Å². The summed E-state index contributed by atoms with van der Waals surface area (Å²) in [5, 5.41) is 13.1. The Hall–Kier alpha value is -2.75. The molecule has 2 amide bonds. The highest BCUT2D eigenvalue weighted by molar-refractivity contribution is 6.47. The zero-order valence-electron chi connectivity index (χ0n) is 29.9. The first-order valence-corrected chi connectivity index (χ1v) is 18.2. The van der Waals surface area contributed by atoms with E-state index in [1.807, 2.05) is 51.1 Å². The largest absolute Gasteiger partial charge is 0.482 e. The van der Waals surface area contributed by atoms with Crippen molar-refractivity contribution in [2.75, 3.05) is 26.2 Å². The molecule has 9 nitrogen and oxygen atoms in total. The highest BCUT2D eigenvalue weighted by Gasteiger charge is 2.68.